The minimum absolute atomic E-state index is 0.164. The fourth-order valence-corrected chi connectivity index (χ4v) is 1.86. The van der Waals surface area contributed by atoms with Crippen LogP contribution in [0.2, 0.25) is 0 Å². The Morgan fingerprint density at radius 2 is 1.94 bits per heavy atom. The van der Waals surface area contributed by atoms with E-state index in [-0.39, 0.29) is 11.7 Å². The number of morpholine rings is 1. The van der Waals surface area contributed by atoms with Crippen molar-refractivity contribution in [2.24, 2.45) is 0 Å². The van der Waals surface area contributed by atoms with Crippen LogP contribution in [0.25, 0.3) is 0 Å². The van der Waals surface area contributed by atoms with Crippen molar-refractivity contribution in [3.8, 4) is 0 Å². The van der Waals surface area contributed by atoms with E-state index in [1.807, 2.05) is 0 Å². The van der Waals surface area contributed by atoms with Gasteiger partial charge in [0.1, 0.15) is 5.82 Å². The van der Waals surface area contributed by atoms with Gasteiger partial charge < -0.3 is 10.1 Å². The monoisotopic (exact) mass is 251 g/mol. The van der Waals surface area contributed by atoms with Crippen LogP contribution in [0.4, 0.5) is 4.39 Å². The molecule has 0 spiro atoms. The Morgan fingerprint density at radius 1 is 1.28 bits per heavy atom. The van der Waals surface area contributed by atoms with Gasteiger partial charge in [0.25, 0.3) is 5.91 Å². The molecule has 1 aliphatic heterocycles. The second-order valence-electron chi connectivity index (χ2n) is 4.22. The van der Waals surface area contributed by atoms with Crippen LogP contribution < -0.4 is 5.32 Å². The largest absolute Gasteiger partial charge is 0.379 e. The van der Waals surface area contributed by atoms with Gasteiger partial charge in [-0.15, -0.1) is 0 Å². The maximum Gasteiger partial charge on any atom is 0.251 e. The van der Waals surface area contributed by atoms with Crippen molar-refractivity contribution >= 4 is 5.91 Å². The SMILES string of the molecule is O=C(NCCN1CCOCC1)c1ccc([18F])cc1. The molecule has 0 bridgehead atoms. The summed E-state index contributed by atoms with van der Waals surface area (Å²) in [6.45, 7) is 4.74. The van der Waals surface area contributed by atoms with Gasteiger partial charge in [0.15, 0.2) is 0 Å². The van der Waals surface area contributed by atoms with Crippen LogP contribution in [0.15, 0.2) is 24.3 Å². The lowest BCUT2D eigenvalue weighted by Gasteiger charge is -2.26. The standard InChI is InChI=1S/C13H17FN2O2/c14-12-3-1-11(2-4-12)13(17)15-5-6-16-7-9-18-10-8-16/h1-4H,5-10H2,(H,15,17)/i14-1. The van der Waals surface area contributed by atoms with Gasteiger partial charge in [-0.1, -0.05) is 0 Å². The highest BCUT2D eigenvalue weighted by Gasteiger charge is 2.10. The number of ether oxygens (including phenoxy) is 1. The van der Waals surface area contributed by atoms with Crippen molar-refractivity contribution in [2.75, 3.05) is 39.4 Å². The summed E-state index contributed by atoms with van der Waals surface area (Å²) >= 11 is 0. The van der Waals surface area contributed by atoms with Crippen LogP contribution >= 0.6 is 0 Å². The molecule has 1 saturated heterocycles. The Labute approximate surface area is 106 Å². The molecule has 0 aromatic heterocycles. The van der Waals surface area contributed by atoms with E-state index in [0.717, 1.165) is 32.8 Å². The lowest BCUT2D eigenvalue weighted by molar-refractivity contribution is 0.0383. The van der Waals surface area contributed by atoms with E-state index in [0.29, 0.717) is 12.1 Å². The van der Waals surface area contributed by atoms with Crippen molar-refractivity contribution in [1.29, 1.82) is 0 Å². The summed E-state index contributed by atoms with van der Waals surface area (Å²) in [6.07, 6.45) is 0. The zero-order valence-electron chi connectivity index (χ0n) is 10.2. The average Bonchev–Trinajstić information content (AvgIpc) is 2.40. The molecular weight excluding hydrogens is 234 g/mol. The van der Waals surface area contributed by atoms with Crippen LogP contribution in [0.3, 0.4) is 0 Å². The van der Waals surface area contributed by atoms with E-state index in [1.54, 1.807) is 0 Å². The smallest absolute Gasteiger partial charge is 0.251 e. The van der Waals surface area contributed by atoms with Crippen molar-refractivity contribution in [1.82, 2.24) is 10.2 Å². The van der Waals surface area contributed by atoms with Crippen LogP contribution in [0, 0.1) is 5.82 Å². The Balaban J connectivity index is 1.72. The van der Waals surface area contributed by atoms with Gasteiger partial charge >= 0.3 is 0 Å². The molecule has 2 rings (SSSR count). The number of nitrogens with one attached hydrogen (secondary N) is 1. The molecule has 5 heteroatoms. The van der Waals surface area contributed by atoms with Gasteiger partial charge in [0, 0.05) is 31.7 Å². The number of carbonyl (C=O) groups excluding carboxylic acids is 1. The first-order valence-electron chi connectivity index (χ1n) is 6.09. The minimum atomic E-state index is -0.333. The highest BCUT2D eigenvalue weighted by molar-refractivity contribution is 5.94. The summed E-state index contributed by atoms with van der Waals surface area (Å²) in [7, 11) is 0. The van der Waals surface area contributed by atoms with Crippen molar-refractivity contribution in [3.63, 3.8) is 0 Å². The zero-order valence-corrected chi connectivity index (χ0v) is 10.2. The predicted molar refractivity (Wildman–Crippen MR) is 66.0 cm³/mol. The van der Waals surface area contributed by atoms with Crippen molar-refractivity contribution < 1.29 is 13.9 Å². The quantitative estimate of drug-likeness (QED) is 0.864. The molecule has 1 heterocycles. The summed E-state index contributed by atoms with van der Waals surface area (Å²) in [4.78, 5) is 14.0. The molecule has 0 aliphatic carbocycles. The Hall–Kier alpha value is -1.46. The molecule has 0 atom stereocenters. The Bertz CT molecular complexity index is 388. The molecule has 4 nitrogen and oxygen atoms in total. The molecule has 1 amide bonds. The van der Waals surface area contributed by atoms with E-state index in [9.17, 15) is 9.18 Å². The molecular formula is C13H17FN2O2. The maximum absolute atomic E-state index is 12.7. The lowest BCUT2D eigenvalue weighted by atomic mass is 10.2. The van der Waals surface area contributed by atoms with E-state index < -0.39 is 0 Å². The molecule has 1 aromatic carbocycles. The number of nitrogens with zero attached hydrogens (tertiary/aromatic N) is 1. The number of halogens is 1. The van der Waals surface area contributed by atoms with E-state index in [2.05, 4.69) is 10.2 Å². The highest BCUT2D eigenvalue weighted by Crippen LogP contribution is 2.02. The number of carbonyl (C=O) groups is 1. The summed E-state index contributed by atoms with van der Waals surface area (Å²) in [5.74, 6) is -0.497. The summed E-state index contributed by atoms with van der Waals surface area (Å²) in [5.41, 5.74) is 0.485. The number of rotatable bonds is 4. The van der Waals surface area contributed by atoms with E-state index in [4.69, 9.17) is 4.74 Å². The number of hydrogen-bond donors (Lipinski definition) is 1. The van der Waals surface area contributed by atoms with Crippen LogP contribution in [-0.2, 0) is 4.74 Å². The molecule has 1 fully saturated rings. The summed E-state index contributed by atoms with van der Waals surface area (Å²) in [5, 5.41) is 2.82. The summed E-state index contributed by atoms with van der Waals surface area (Å²) < 4.78 is 17.9. The van der Waals surface area contributed by atoms with Crippen molar-refractivity contribution in [3.05, 3.63) is 35.6 Å². The van der Waals surface area contributed by atoms with Gasteiger partial charge in [-0.25, -0.2) is 4.39 Å². The summed E-state index contributed by atoms with van der Waals surface area (Å²) in [6, 6.07) is 5.55. The second-order valence-corrected chi connectivity index (χ2v) is 4.22. The molecule has 1 aliphatic rings. The number of benzene rings is 1. The number of hydrogen-bond acceptors (Lipinski definition) is 3. The second kappa shape index (κ2) is 6.47. The molecule has 1 N–H and O–H groups in total. The predicted octanol–water partition coefficient (Wildman–Crippen LogP) is 0.888. The fourth-order valence-electron chi connectivity index (χ4n) is 1.86. The number of amides is 1. The van der Waals surface area contributed by atoms with Crippen LogP contribution in [0.5, 0.6) is 0 Å². The van der Waals surface area contributed by atoms with Gasteiger partial charge in [0.05, 0.1) is 13.2 Å². The minimum Gasteiger partial charge on any atom is -0.379 e. The third-order valence-electron chi connectivity index (χ3n) is 2.92. The molecule has 1 aromatic rings. The average molecular weight is 251 g/mol. The van der Waals surface area contributed by atoms with Crippen LogP contribution in [-0.4, -0.2) is 50.2 Å². The Morgan fingerprint density at radius 3 is 2.61 bits per heavy atom. The molecule has 18 heavy (non-hydrogen) atoms. The van der Waals surface area contributed by atoms with Crippen molar-refractivity contribution in [2.45, 2.75) is 0 Å². The third-order valence-corrected chi connectivity index (χ3v) is 2.92. The molecule has 0 unspecified atom stereocenters. The normalized spacial score (nSPS) is 16.5. The molecule has 98 valence electrons. The molecule has 0 radical (unpaired) electrons. The van der Waals surface area contributed by atoms with Gasteiger partial charge in [-0.3, -0.25) is 9.69 Å². The molecule has 0 saturated carbocycles. The van der Waals surface area contributed by atoms with Gasteiger partial charge in [-0.2, -0.15) is 0 Å². The zero-order chi connectivity index (χ0) is 12.8. The highest BCUT2D eigenvalue weighted by atomic mass is 18.2. The first-order chi connectivity index (χ1) is 8.75. The maximum atomic E-state index is 12.7. The topological polar surface area (TPSA) is 41.6 Å². The van der Waals surface area contributed by atoms with Crippen LogP contribution in [0.1, 0.15) is 10.4 Å². The van der Waals surface area contributed by atoms with Gasteiger partial charge in [-0.05, 0) is 24.3 Å². The third kappa shape index (κ3) is 3.78. The first-order valence-corrected chi connectivity index (χ1v) is 6.09. The lowest BCUT2D eigenvalue weighted by Crippen LogP contribution is -2.41. The van der Waals surface area contributed by atoms with E-state index in [1.165, 1.54) is 24.3 Å². The fraction of sp³-hybridized carbons (Fsp3) is 0.462. The van der Waals surface area contributed by atoms with E-state index >= 15 is 0 Å². The first kappa shape index (κ1) is 13.0. The van der Waals surface area contributed by atoms with Gasteiger partial charge in [0.2, 0.25) is 0 Å². The Kier molecular flexibility index (Phi) is 4.66.